The predicted octanol–water partition coefficient (Wildman–Crippen LogP) is 3.93. The molecule has 0 aliphatic heterocycles. The van der Waals surface area contributed by atoms with Crippen molar-refractivity contribution in [2.45, 2.75) is 13.0 Å². The summed E-state index contributed by atoms with van der Waals surface area (Å²) in [6, 6.07) is 18.3. The number of halogens is 1. The van der Waals surface area contributed by atoms with E-state index >= 15 is 0 Å². The summed E-state index contributed by atoms with van der Waals surface area (Å²) in [5, 5.41) is 4.07. The number of hydrogen-bond donors (Lipinski definition) is 1. The fraction of sp³-hybridized carbons (Fsp3) is 0.333. The summed E-state index contributed by atoms with van der Waals surface area (Å²) in [7, 11) is 1.97. The minimum absolute atomic E-state index is 0.415. The summed E-state index contributed by atoms with van der Waals surface area (Å²) >= 11 is 6.24. The van der Waals surface area contributed by atoms with Crippen LogP contribution >= 0.6 is 11.6 Å². The van der Waals surface area contributed by atoms with Gasteiger partial charge in [-0.15, -0.1) is 0 Å². The van der Waals surface area contributed by atoms with Gasteiger partial charge in [0.15, 0.2) is 0 Å². The van der Waals surface area contributed by atoms with E-state index in [4.69, 9.17) is 16.3 Å². The van der Waals surface area contributed by atoms with Crippen LogP contribution in [0.5, 0.6) is 0 Å². The van der Waals surface area contributed by atoms with Gasteiger partial charge in [-0.1, -0.05) is 60.1 Å². The average molecular weight is 304 g/mol. The molecule has 2 aromatic carbocycles. The molecule has 1 N–H and O–H groups in total. The van der Waals surface area contributed by atoms with Gasteiger partial charge in [0.25, 0.3) is 0 Å². The van der Waals surface area contributed by atoms with Gasteiger partial charge in [0.05, 0.1) is 13.2 Å². The van der Waals surface area contributed by atoms with Crippen molar-refractivity contribution in [1.29, 1.82) is 0 Å². The second-order valence-corrected chi connectivity index (χ2v) is 5.63. The fourth-order valence-electron chi connectivity index (χ4n) is 2.37. The smallest absolute Gasteiger partial charge is 0.0717 e. The molecule has 1 unspecified atom stereocenters. The molecule has 0 aliphatic rings. The van der Waals surface area contributed by atoms with Crippen molar-refractivity contribution in [3.63, 3.8) is 0 Å². The molecular formula is C18H22ClNO. The Kier molecular flexibility index (Phi) is 6.74. The summed E-state index contributed by atoms with van der Waals surface area (Å²) in [5.74, 6) is 0.415. The van der Waals surface area contributed by atoms with E-state index in [1.165, 1.54) is 11.1 Å². The lowest BCUT2D eigenvalue weighted by Gasteiger charge is -2.17. The van der Waals surface area contributed by atoms with Gasteiger partial charge in [-0.25, -0.2) is 0 Å². The van der Waals surface area contributed by atoms with Crippen LogP contribution in [0.1, 0.15) is 11.1 Å². The van der Waals surface area contributed by atoms with Gasteiger partial charge in [0, 0.05) is 11.6 Å². The molecule has 2 nitrogen and oxygen atoms in total. The highest BCUT2D eigenvalue weighted by Gasteiger charge is 2.11. The molecule has 112 valence electrons. The Morgan fingerprint density at radius 2 is 1.76 bits per heavy atom. The summed E-state index contributed by atoms with van der Waals surface area (Å²) in [4.78, 5) is 0. The first kappa shape index (κ1) is 16.0. The van der Waals surface area contributed by atoms with Crippen LogP contribution in [0.25, 0.3) is 0 Å². The first-order valence-corrected chi connectivity index (χ1v) is 7.67. The van der Waals surface area contributed by atoms with Crippen LogP contribution in [0.15, 0.2) is 54.6 Å². The SMILES string of the molecule is CNCC(COCc1ccccc1)Cc1ccccc1Cl. The molecule has 0 spiro atoms. The van der Waals surface area contributed by atoms with Crippen molar-refractivity contribution >= 4 is 11.6 Å². The third-order valence-corrected chi connectivity index (χ3v) is 3.79. The van der Waals surface area contributed by atoms with Gasteiger partial charge in [0.2, 0.25) is 0 Å². The number of ether oxygens (including phenoxy) is 1. The number of nitrogens with one attached hydrogen (secondary N) is 1. The van der Waals surface area contributed by atoms with Gasteiger partial charge < -0.3 is 10.1 Å². The zero-order valence-electron chi connectivity index (χ0n) is 12.4. The Labute approximate surface area is 132 Å². The first-order valence-electron chi connectivity index (χ1n) is 7.29. The molecule has 3 heteroatoms. The summed E-state index contributed by atoms with van der Waals surface area (Å²) in [6.07, 6.45) is 0.926. The van der Waals surface area contributed by atoms with Crippen LogP contribution in [0, 0.1) is 5.92 Å². The molecule has 0 radical (unpaired) electrons. The first-order chi connectivity index (χ1) is 10.3. The lowest BCUT2D eigenvalue weighted by atomic mass is 10.00. The van der Waals surface area contributed by atoms with Crippen molar-refractivity contribution in [3.05, 3.63) is 70.7 Å². The van der Waals surface area contributed by atoms with Gasteiger partial charge in [0.1, 0.15) is 0 Å². The minimum atomic E-state index is 0.415. The second-order valence-electron chi connectivity index (χ2n) is 5.22. The highest BCUT2D eigenvalue weighted by molar-refractivity contribution is 6.31. The molecule has 0 fully saturated rings. The zero-order chi connectivity index (χ0) is 14.9. The van der Waals surface area contributed by atoms with E-state index in [1.54, 1.807) is 0 Å². The zero-order valence-corrected chi connectivity index (χ0v) is 13.1. The van der Waals surface area contributed by atoms with E-state index < -0.39 is 0 Å². The minimum Gasteiger partial charge on any atom is -0.376 e. The standard InChI is InChI=1S/C18H22ClNO/c1-20-12-16(11-17-9-5-6-10-18(17)19)14-21-13-15-7-3-2-4-8-15/h2-10,16,20H,11-14H2,1H3. The van der Waals surface area contributed by atoms with Crippen molar-refractivity contribution in [2.75, 3.05) is 20.2 Å². The monoisotopic (exact) mass is 303 g/mol. The van der Waals surface area contributed by atoms with Crippen LogP contribution in [0.4, 0.5) is 0 Å². The van der Waals surface area contributed by atoms with Gasteiger partial charge in [-0.2, -0.15) is 0 Å². The summed E-state index contributed by atoms with van der Waals surface area (Å²) in [5.41, 5.74) is 2.39. The third kappa shape index (κ3) is 5.50. The Hall–Kier alpha value is -1.35. The molecular weight excluding hydrogens is 282 g/mol. The number of hydrogen-bond acceptors (Lipinski definition) is 2. The van der Waals surface area contributed by atoms with Crippen molar-refractivity contribution in [3.8, 4) is 0 Å². The number of rotatable bonds is 8. The third-order valence-electron chi connectivity index (χ3n) is 3.42. The van der Waals surface area contributed by atoms with E-state index in [9.17, 15) is 0 Å². The summed E-state index contributed by atoms with van der Waals surface area (Å²) < 4.78 is 5.86. The lowest BCUT2D eigenvalue weighted by molar-refractivity contribution is 0.0871. The Morgan fingerprint density at radius 3 is 2.48 bits per heavy atom. The normalized spacial score (nSPS) is 12.3. The second kappa shape index (κ2) is 8.83. The maximum absolute atomic E-state index is 6.24. The van der Waals surface area contributed by atoms with Gasteiger partial charge >= 0.3 is 0 Å². The molecule has 0 heterocycles. The highest BCUT2D eigenvalue weighted by Crippen LogP contribution is 2.19. The van der Waals surface area contributed by atoms with Crippen molar-refractivity contribution < 1.29 is 4.74 Å². The number of benzene rings is 2. The topological polar surface area (TPSA) is 21.3 Å². The van der Waals surface area contributed by atoms with E-state index in [2.05, 4.69) is 23.5 Å². The van der Waals surface area contributed by atoms with E-state index in [0.717, 1.165) is 24.6 Å². The molecule has 0 saturated heterocycles. The fourth-order valence-corrected chi connectivity index (χ4v) is 2.58. The van der Waals surface area contributed by atoms with Crippen molar-refractivity contribution in [1.82, 2.24) is 5.32 Å². The van der Waals surface area contributed by atoms with Crippen molar-refractivity contribution in [2.24, 2.45) is 5.92 Å². The highest BCUT2D eigenvalue weighted by atomic mass is 35.5. The predicted molar refractivity (Wildman–Crippen MR) is 88.7 cm³/mol. The molecule has 0 amide bonds. The maximum Gasteiger partial charge on any atom is 0.0717 e. The van der Waals surface area contributed by atoms with Crippen LogP contribution < -0.4 is 5.32 Å². The molecule has 2 rings (SSSR count). The molecule has 0 saturated carbocycles. The quantitative estimate of drug-likeness (QED) is 0.797. The van der Waals surface area contributed by atoms with Gasteiger partial charge in [-0.05, 0) is 36.6 Å². The molecule has 21 heavy (non-hydrogen) atoms. The molecule has 0 aromatic heterocycles. The molecule has 0 aliphatic carbocycles. The van der Waals surface area contributed by atoms with E-state index in [-0.39, 0.29) is 0 Å². The van der Waals surface area contributed by atoms with Gasteiger partial charge in [-0.3, -0.25) is 0 Å². The van der Waals surface area contributed by atoms with Crippen LogP contribution in [-0.2, 0) is 17.8 Å². The van der Waals surface area contributed by atoms with E-state index in [1.807, 2.05) is 43.4 Å². The Morgan fingerprint density at radius 1 is 1.05 bits per heavy atom. The lowest BCUT2D eigenvalue weighted by Crippen LogP contribution is -2.25. The van der Waals surface area contributed by atoms with Crippen LogP contribution in [-0.4, -0.2) is 20.2 Å². The Balaban J connectivity index is 1.86. The molecule has 1 atom stereocenters. The molecule has 2 aromatic rings. The Bertz CT molecular complexity index is 530. The summed E-state index contributed by atoms with van der Waals surface area (Å²) in [6.45, 7) is 2.30. The maximum atomic E-state index is 6.24. The van der Waals surface area contributed by atoms with Crippen LogP contribution in [0.2, 0.25) is 5.02 Å². The van der Waals surface area contributed by atoms with E-state index in [0.29, 0.717) is 12.5 Å². The van der Waals surface area contributed by atoms with Crippen LogP contribution in [0.3, 0.4) is 0 Å². The average Bonchev–Trinajstić information content (AvgIpc) is 2.51. The largest absolute Gasteiger partial charge is 0.376 e. The molecule has 0 bridgehead atoms.